The quantitative estimate of drug-likeness (QED) is 0.746. The molecule has 1 fully saturated rings. The van der Waals surface area contributed by atoms with Crippen molar-refractivity contribution in [3.8, 4) is 11.3 Å². The molecule has 0 spiro atoms. The second kappa shape index (κ2) is 4.11. The summed E-state index contributed by atoms with van der Waals surface area (Å²) in [6.07, 6.45) is 2.55. The Hall–Kier alpha value is -0.860. The molecule has 0 unspecified atom stereocenters. The van der Waals surface area contributed by atoms with Gasteiger partial charge >= 0.3 is 0 Å². The highest BCUT2D eigenvalue weighted by atomic mass is 35.5. The molecule has 88 valence electrons. The second-order valence-electron chi connectivity index (χ2n) is 4.65. The van der Waals surface area contributed by atoms with Gasteiger partial charge in [-0.05, 0) is 50.3 Å². The first kappa shape index (κ1) is 11.2. The van der Waals surface area contributed by atoms with E-state index in [9.17, 15) is 0 Å². The predicted molar refractivity (Wildman–Crippen MR) is 74.0 cm³/mol. The highest BCUT2D eigenvalue weighted by Gasteiger charge is 2.26. The first-order valence-corrected chi connectivity index (χ1v) is 7.08. The molecule has 17 heavy (non-hydrogen) atoms. The van der Waals surface area contributed by atoms with E-state index in [0.717, 1.165) is 15.7 Å². The molecule has 0 bridgehead atoms. The molecule has 0 N–H and O–H groups in total. The van der Waals surface area contributed by atoms with Gasteiger partial charge in [0.2, 0.25) is 0 Å². The monoisotopic (exact) mass is 263 g/mol. The average molecular weight is 264 g/mol. The number of hydrogen-bond acceptors (Lipinski definition) is 2. The zero-order valence-corrected chi connectivity index (χ0v) is 11.5. The van der Waals surface area contributed by atoms with Gasteiger partial charge < -0.3 is 0 Å². The molecule has 1 saturated carbocycles. The minimum absolute atomic E-state index is 0.683. The Labute approximate surface area is 110 Å². The van der Waals surface area contributed by atoms with E-state index < -0.39 is 0 Å². The summed E-state index contributed by atoms with van der Waals surface area (Å²) in [6.45, 7) is 4.18. The highest BCUT2D eigenvalue weighted by Crippen LogP contribution is 2.44. The van der Waals surface area contributed by atoms with Gasteiger partial charge in [-0.3, -0.25) is 0 Å². The van der Waals surface area contributed by atoms with Crippen molar-refractivity contribution in [2.45, 2.75) is 32.6 Å². The van der Waals surface area contributed by atoms with Crippen LogP contribution in [-0.2, 0) is 0 Å². The Morgan fingerprint density at radius 1 is 1.29 bits per heavy atom. The van der Waals surface area contributed by atoms with Gasteiger partial charge in [-0.2, -0.15) is 0 Å². The number of aryl methyl sites for hydroxylation is 2. The van der Waals surface area contributed by atoms with Crippen molar-refractivity contribution < 1.29 is 0 Å². The summed E-state index contributed by atoms with van der Waals surface area (Å²) in [4.78, 5) is 5.89. The Morgan fingerprint density at radius 2 is 2.06 bits per heavy atom. The van der Waals surface area contributed by atoms with Gasteiger partial charge in [0, 0.05) is 15.5 Å². The van der Waals surface area contributed by atoms with Crippen molar-refractivity contribution in [1.29, 1.82) is 0 Å². The lowest BCUT2D eigenvalue weighted by Gasteiger charge is -2.05. The van der Waals surface area contributed by atoms with Crippen molar-refractivity contribution in [2.24, 2.45) is 0 Å². The summed E-state index contributed by atoms with van der Waals surface area (Å²) in [5.41, 5.74) is 3.62. The number of hydrogen-bond donors (Lipinski definition) is 0. The van der Waals surface area contributed by atoms with Crippen molar-refractivity contribution in [1.82, 2.24) is 4.98 Å². The third kappa shape index (κ3) is 2.12. The topological polar surface area (TPSA) is 12.9 Å². The van der Waals surface area contributed by atoms with Crippen LogP contribution >= 0.6 is 22.9 Å². The fourth-order valence-electron chi connectivity index (χ4n) is 2.19. The van der Waals surface area contributed by atoms with Gasteiger partial charge in [-0.15, -0.1) is 11.3 Å². The van der Waals surface area contributed by atoms with Crippen molar-refractivity contribution in [3.05, 3.63) is 38.7 Å². The normalized spacial score (nSPS) is 15.2. The molecular formula is C14H14ClNS. The lowest BCUT2D eigenvalue weighted by atomic mass is 10.0. The SMILES string of the molecule is Cc1nc(-c2ccc(Cl)c(C3CC3)c2)c(C)s1. The standard InChI is InChI=1S/C14H14ClNS/c1-8-14(16-9(2)17-8)11-5-6-13(15)12(7-11)10-3-4-10/h5-7,10H,3-4H2,1-2H3. The zero-order chi connectivity index (χ0) is 12.0. The molecule has 0 saturated heterocycles. The number of rotatable bonds is 2. The van der Waals surface area contributed by atoms with E-state index in [0.29, 0.717) is 5.92 Å². The summed E-state index contributed by atoms with van der Waals surface area (Å²) < 4.78 is 0. The number of nitrogens with zero attached hydrogens (tertiary/aromatic N) is 1. The van der Waals surface area contributed by atoms with Crippen molar-refractivity contribution in [3.63, 3.8) is 0 Å². The average Bonchev–Trinajstić information content (AvgIpc) is 3.06. The van der Waals surface area contributed by atoms with Crippen LogP contribution in [0.4, 0.5) is 0 Å². The van der Waals surface area contributed by atoms with Crippen LogP contribution < -0.4 is 0 Å². The molecule has 0 atom stereocenters. The third-order valence-electron chi connectivity index (χ3n) is 3.19. The fraction of sp³-hybridized carbons (Fsp3) is 0.357. The summed E-state index contributed by atoms with van der Waals surface area (Å²) in [5.74, 6) is 0.683. The third-order valence-corrected chi connectivity index (χ3v) is 4.42. The van der Waals surface area contributed by atoms with Crippen LogP contribution in [0.1, 0.15) is 34.2 Å². The van der Waals surface area contributed by atoms with Crippen molar-refractivity contribution in [2.75, 3.05) is 0 Å². The van der Waals surface area contributed by atoms with Gasteiger partial charge in [0.1, 0.15) is 0 Å². The molecule has 0 aliphatic heterocycles. The molecule has 1 heterocycles. The summed E-state index contributed by atoms with van der Waals surface area (Å²) in [5, 5.41) is 2.03. The van der Waals surface area contributed by atoms with Crippen LogP contribution in [0.2, 0.25) is 5.02 Å². The summed E-state index contributed by atoms with van der Waals surface area (Å²) >= 11 is 8.00. The number of aromatic nitrogens is 1. The fourth-order valence-corrected chi connectivity index (χ4v) is 3.31. The Kier molecular flexibility index (Phi) is 2.72. The zero-order valence-electron chi connectivity index (χ0n) is 9.96. The lowest BCUT2D eigenvalue weighted by Crippen LogP contribution is -1.86. The van der Waals surface area contributed by atoms with Gasteiger partial charge in [0.25, 0.3) is 0 Å². The van der Waals surface area contributed by atoms with E-state index >= 15 is 0 Å². The van der Waals surface area contributed by atoms with E-state index in [1.807, 2.05) is 6.07 Å². The summed E-state index contributed by atoms with van der Waals surface area (Å²) in [6, 6.07) is 6.32. The molecule has 3 rings (SSSR count). The van der Waals surface area contributed by atoms with Crippen LogP contribution in [0.3, 0.4) is 0 Å². The molecule has 1 aliphatic rings. The lowest BCUT2D eigenvalue weighted by molar-refractivity contribution is 1.13. The highest BCUT2D eigenvalue weighted by molar-refractivity contribution is 7.11. The molecule has 0 amide bonds. The molecule has 1 nitrogen and oxygen atoms in total. The molecule has 1 aliphatic carbocycles. The minimum atomic E-state index is 0.683. The van der Waals surface area contributed by atoms with Gasteiger partial charge in [-0.1, -0.05) is 17.7 Å². The number of benzene rings is 1. The van der Waals surface area contributed by atoms with E-state index in [2.05, 4.69) is 31.0 Å². The minimum Gasteiger partial charge on any atom is -0.241 e. The molecule has 1 aromatic carbocycles. The Balaban J connectivity index is 2.08. The molecule has 3 heteroatoms. The number of halogens is 1. The van der Waals surface area contributed by atoms with Crippen LogP contribution in [0.15, 0.2) is 18.2 Å². The maximum atomic E-state index is 6.25. The first-order valence-electron chi connectivity index (χ1n) is 5.89. The van der Waals surface area contributed by atoms with E-state index in [1.165, 1.54) is 28.8 Å². The molecule has 1 aromatic heterocycles. The van der Waals surface area contributed by atoms with Crippen LogP contribution in [0.25, 0.3) is 11.3 Å². The largest absolute Gasteiger partial charge is 0.241 e. The van der Waals surface area contributed by atoms with Crippen LogP contribution in [0.5, 0.6) is 0 Å². The second-order valence-corrected chi connectivity index (χ2v) is 6.46. The van der Waals surface area contributed by atoms with E-state index in [-0.39, 0.29) is 0 Å². The van der Waals surface area contributed by atoms with Gasteiger partial charge in [-0.25, -0.2) is 4.98 Å². The molecular weight excluding hydrogens is 250 g/mol. The maximum absolute atomic E-state index is 6.25. The maximum Gasteiger partial charge on any atom is 0.0904 e. The van der Waals surface area contributed by atoms with Crippen LogP contribution in [-0.4, -0.2) is 4.98 Å². The Morgan fingerprint density at radius 3 is 2.65 bits per heavy atom. The molecule has 2 aromatic rings. The Bertz CT molecular complexity index is 570. The van der Waals surface area contributed by atoms with E-state index in [1.54, 1.807) is 11.3 Å². The predicted octanol–water partition coefficient (Wildman–Crippen LogP) is 4.96. The molecule has 0 radical (unpaired) electrons. The van der Waals surface area contributed by atoms with Gasteiger partial charge in [0.05, 0.1) is 10.7 Å². The first-order chi connectivity index (χ1) is 8.15. The summed E-state index contributed by atoms with van der Waals surface area (Å²) in [7, 11) is 0. The number of thiazole rings is 1. The van der Waals surface area contributed by atoms with Gasteiger partial charge in [0.15, 0.2) is 0 Å². The smallest absolute Gasteiger partial charge is 0.0904 e. The van der Waals surface area contributed by atoms with Crippen LogP contribution in [0, 0.1) is 13.8 Å². The van der Waals surface area contributed by atoms with E-state index in [4.69, 9.17) is 11.6 Å². The van der Waals surface area contributed by atoms with Crippen molar-refractivity contribution >= 4 is 22.9 Å².